The van der Waals surface area contributed by atoms with Crippen LogP contribution in [0.1, 0.15) is 12.8 Å². The number of carbonyl (C=O) groups is 2. The highest BCUT2D eigenvalue weighted by Crippen LogP contribution is 2.44. The van der Waals surface area contributed by atoms with Crippen molar-refractivity contribution in [1.82, 2.24) is 4.65 Å². The lowest BCUT2D eigenvalue weighted by Gasteiger charge is -2.23. The molecule has 4 aromatic carbocycles. The number of amides is 2. The van der Waals surface area contributed by atoms with Crippen molar-refractivity contribution >= 4 is 59.9 Å². The summed E-state index contributed by atoms with van der Waals surface area (Å²) in [7, 11) is -4.86. The van der Waals surface area contributed by atoms with Crippen molar-refractivity contribution in [3.8, 4) is 0 Å². The van der Waals surface area contributed by atoms with Gasteiger partial charge in [-0.2, -0.15) is 13.6 Å². The molecule has 1 aliphatic rings. The van der Waals surface area contributed by atoms with E-state index >= 15 is 0 Å². The van der Waals surface area contributed by atoms with E-state index in [1.807, 2.05) is 24.3 Å². The number of hydroxylamine groups is 2. The van der Waals surface area contributed by atoms with Crippen LogP contribution in [0, 0.1) is 0 Å². The molecule has 1 fully saturated rings. The van der Waals surface area contributed by atoms with Crippen molar-refractivity contribution in [1.29, 1.82) is 0 Å². The van der Waals surface area contributed by atoms with Gasteiger partial charge in [0.15, 0.2) is 4.90 Å². The van der Waals surface area contributed by atoms with Gasteiger partial charge < -0.3 is 0 Å². The number of quaternary nitrogens is 1. The Kier molecular flexibility index (Phi) is 3.28. The first-order valence-electron chi connectivity index (χ1n) is 8.60. The Bertz CT molecular complexity index is 1410. The number of hydrogen-bond donors (Lipinski definition) is 2. The van der Waals surface area contributed by atoms with Crippen LogP contribution in [0.25, 0.3) is 32.3 Å². The molecule has 4 aromatic rings. The molecule has 2 N–H and O–H groups in total. The van der Waals surface area contributed by atoms with E-state index in [4.69, 9.17) is 0 Å². The maximum Gasteiger partial charge on any atom is 0.359 e. The molecule has 140 valence electrons. The first kappa shape index (κ1) is 17.2. The summed E-state index contributed by atoms with van der Waals surface area (Å²) in [5.74, 6) is -1.66. The largest absolute Gasteiger partial charge is 0.359 e. The minimum atomic E-state index is -4.86. The van der Waals surface area contributed by atoms with Crippen LogP contribution in [0.4, 0.5) is 5.69 Å². The maximum absolute atomic E-state index is 12.4. The van der Waals surface area contributed by atoms with E-state index in [1.54, 1.807) is 12.1 Å². The van der Waals surface area contributed by atoms with Crippen LogP contribution in [-0.2, 0) is 19.7 Å². The van der Waals surface area contributed by atoms with E-state index < -0.39 is 37.2 Å². The van der Waals surface area contributed by atoms with E-state index in [0.717, 1.165) is 16.2 Å². The van der Waals surface area contributed by atoms with Gasteiger partial charge in [-0.15, -0.1) is 0 Å². The minimum absolute atomic E-state index is 0.151. The summed E-state index contributed by atoms with van der Waals surface area (Å²) in [6.45, 7) is 0. The van der Waals surface area contributed by atoms with Gasteiger partial charge in [0, 0.05) is 11.5 Å². The molecule has 1 heterocycles. The van der Waals surface area contributed by atoms with Crippen molar-refractivity contribution in [3.05, 3.63) is 48.5 Å². The van der Waals surface area contributed by atoms with Crippen LogP contribution in [0.15, 0.2) is 53.4 Å². The lowest BCUT2D eigenvalue weighted by Crippen LogP contribution is -2.51. The molecule has 1 saturated heterocycles. The van der Waals surface area contributed by atoms with Crippen LogP contribution in [-0.4, -0.2) is 30.0 Å². The van der Waals surface area contributed by atoms with Crippen molar-refractivity contribution in [2.24, 2.45) is 0 Å². The molecule has 28 heavy (non-hydrogen) atoms. The number of nitrogens with zero attached hydrogens (tertiary/aromatic N) is 1. The summed E-state index contributed by atoms with van der Waals surface area (Å²) in [5, 5.41) is 14.7. The minimum Gasteiger partial charge on any atom is -0.282 e. The average Bonchev–Trinajstić information content (AvgIpc) is 2.92. The number of imide groups is 1. The Morgan fingerprint density at radius 1 is 0.821 bits per heavy atom. The molecule has 0 atom stereocenters. The zero-order chi connectivity index (χ0) is 19.8. The molecule has 0 spiro atoms. The molecule has 0 radical (unpaired) electrons. The summed E-state index contributed by atoms with van der Waals surface area (Å²) in [5.41, 5.74) is -0.444. The first-order chi connectivity index (χ1) is 13.2. The van der Waals surface area contributed by atoms with Gasteiger partial charge in [-0.05, 0) is 31.6 Å². The maximum atomic E-state index is 12.4. The summed E-state index contributed by atoms with van der Waals surface area (Å²) >= 11 is 0. The van der Waals surface area contributed by atoms with Gasteiger partial charge in [-0.3, -0.25) is 4.55 Å². The Hall–Kier alpha value is -2.91. The summed E-state index contributed by atoms with van der Waals surface area (Å²) in [6, 6.07) is 13.8. The van der Waals surface area contributed by atoms with Crippen LogP contribution < -0.4 is 4.65 Å². The smallest absolute Gasteiger partial charge is 0.282 e. The predicted octanol–water partition coefficient (Wildman–Crippen LogP) is 3.37. The quantitative estimate of drug-likeness (QED) is 0.177. The standard InChI is InChI=1S/C20H13NO6S/c22-16-8-9-17(23)21(16,24)15-10-13-5-4-11-2-1-3-12-6-7-14(19(13)18(11)12)20(15)28(25,26)27/h1-7,10,24H,8-9H2/p+1. The topological polar surface area (TPSA) is 109 Å². The zero-order valence-electron chi connectivity index (χ0n) is 14.4. The third-order valence-corrected chi connectivity index (χ3v) is 6.40. The molecular formula is C20H14NO6S+. The summed E-state index contributed by atoms with van der Waals surface area (Å²) in [4.78, 5) is 24.1. The number of carbonyl (C=O) groups excluding carboxylic acids is 2. The lowest BCUT2D eigenvalue weighted by atomic mass is 9.93. The third-order valence-electron chi connectivity index (χ3n) is 5.46. The highest BCUT2D eigenvalue weighted by Gasteiger charge is 2.55. The second kappa shape index (κ2) is 5.33. The second-order valence-corrected chi connectivity index (χ2v) is 8.34. The molecule has 0 saturated carbocycles. The van der Waals surface area contributed by atoms with Gasteiger partial charge in [0.25, 0.3) is 0 Å². The Morgan fingerprint density at radius 2 is 1.39 bits per heavy atom. The Balaban J connectivity index is 2.06. The van der Waals surface area contributed by atoms with Crippen LogP contribution in [0.5, 0.6) is 0 Å². The van der Waals surface area contributed by atoms with Crippen molar-refractivity contribution in [2.45, 2.75) is 17.7 Å². The van der Waals surface area contributed by atoms with E-state index in [-0.39, 0.29) is 18.2 Å². The zero-order valence-corrected chi connectivity index (χ0v) is 15.2. The Labute approximate surface area is 159 Å². The molecule has 0 aromatic heterocycles. The van der Waals surface area contributed by atoms with Crippen molar-refractivity contribution < 1.29 is 27.8 Å². The fraction of sp³-hybridized carbons (Fsp3) is 0.100. The van der Waals surface area contributed by atoms with E-state index in [1.165, 1.54) is 12.1 Å². The van der Waals surface area contributed by atoms with Crippen LogP contribution >= 0.6 is 0 Å². The van der Waals surface area contributed by atoms with Crippen molar-refractivity contribution in [3.63, 3.8) is 0 Å². The third kappa shape index (κ3) is 2.05. The molecule has 7 nitrogen and oxygen atoms in total. The fourth-order valence-electron chi connectivity index (χ4n) is 4.23. The van der Waals surface area contributed by atoms with Gasteiger partial charge >= 0.3 is 21.9 Å². The molecule has 1 aliphatic heterocycles. The summed E-state index contributed by atoms with van der Waals surface area (Å²) in [6.07, 6.45) is -0.406. The van der Waals surface area contributed by atoms with Crippen LogP contribution in [0.3, 0.4) is 0 Å². The van der Waals surface area contributed by atoms with E-state index in [9.17, 15) is 27.8 Å². The van der Waals surface area contributed by atoms with Gasteiger partial charge in [0.05, 0.1) is 12.8 Å². The molecule has 8 heteroatoms. The van der Waals surface area contributed by atoms with E-state index in [0.29, 0.717) is 10.8 Å². The molecule has 0 bridgehead atoms. The number of benzene rings is 4. The average molecular weight is 396 g/mol. The number of hydrogen-bond acceptors (Lipinski definition) is 5. The monoisotopic (exact) mass is 396 g/mol. The lowest BCUT2D eigenvalue weighted by molar-refractivity contribution is -0.168. The SMILES string of the molecule is O=C1CCC(=O)[N+]1(O)c1cc2ccc3cccc4ccc(c1S(=O)(=O)O)c2c34. The molecule has 2 amide bonds. The highest BCUT2D eigenvalue weighted by molar-refractivity contribution is 7.86. The van der Waals surface area contributed by atoms with Gasteiger partial charge in [0.1, 0.15) is 0 Å². The fourth-order valence-corrected chi connectivity index (χ4v) is 5.13. The van der Waals surface area contributed by atoms with E-state index in [2.05, 4.69) is 0 Å². The molecule has 0 unspecified atom stereocenters. The van der Waals surface area contributed by atoms with Crippen molar-refractivity contribution in [2.75, 3.05) is 0 Å². The molecule has 5 rings (SSSR count). The van der Waals surface area contributed by atoms with Gasteiger partial charge in [-0.1, -0.05) is 42.5 Å². The summed E-state index contributed by atoms with van der Waals surface area (Å²) < 4.78 is 32.9. The van der Waals surface area contributed by atoms with Crippen LogP contribution in [0.2, 0.25) is 0 Å². The molecular weight excluding hydrogens is 382 g/mol. The first-order valence-corrected chi connectivity index (χ1v) is 10.0. The highest BCUT2D eigenvalue weighted by atomic mass is 32.2. The normalized spacial score (nSPS) is 17.4. The predicted molar refractivity (Wildman–Crippen MR) is 103 cm³/mol. The van der Waals surface area contributed by atoms with Gasteiger partial charge in [0.2, 0.25) is 5.69 Å². The second-order valence-electron chi connectivity index (χ2n) is 6.98. The Morgan fingerprint density at radius 3 is 2.00 bits per heavy atom. The number of rotatable bonds is 2. The van der Waals surface area contributed by atoms with Gasteiger partial charge in [-0.25, -0.2) is 9.59 Å². The molecule has 0 aliphatic carbocycles.